The van der Waals surface area contributed by atoms with Crippen LogP contribution in [0.15, 0.2) is 70.1 Å². The quantitative estimate of drug-likeness (QED) is 0.384. The smallest absolute Gasteiger partial charge is 0.338 e. The van der Waals surface area contributed by atoms with Crippen molar-refractivity contribution in [1.82, 2.24) is 9.97 Å². The molecule has 1 aromatic carbocycles. The van der Waals surface area contributed by atoms with E-state index in [4.69, 9.17) is 9.15 Å². The Labute approximate surface area is 180 Å². The number of ketones is 1. The molecule has 0 saturated heterocycles. The number of Topliss-reactive ketones (excluding diaryl/α,β-unsaturated/α-hetero) is 1. The zero-order valence-electron chi connectivity index (χ0n) is 16.3. The van der Waals surface area contributed by atoms with Gasteiger partial charge < -0.3 is 14.1 Å². The molecule has 0 spiro atoms. The first-order valence-corrected chi connectivity index (χ1v) is 10.0. The lowest BCUT2D eigenvalue weighted by atomic mass is 10.1. The average Bonchev–Trinajstić information content (AvgIpc) is 3.40. The number of methoxy groups -OCH3 is 1. The van der Waals surface area contributed by atoms with E-state index in [1.54, 1.807) is 54.6 Å². The molecule has 154 valence electrons. The molecule has 0 aliphatic rings. The van der Waals surface area contributed by atoms with Crippen LogP contribution in [0.3, 0.4) is 0 Å². The van der Waals surface area contributed by atoms with Crippen molar-refractivity contribution < 1.29 is 18.7 Å². The Balaban J connectivity index is 1.67. The largest absolute Gasteiger partial charge is 0.465 e. The number of aromatic nitrogens is 2. The summed E-state index contributed by atoms with van der Waals surface area (Å²) in [7, 11) is 1.32. The summed E-state index contributed by atoms with van der Waals surface area (Å²) in [6, 6.07) is 13.6. The number of benzene rings is 1. The minimum absolute atomic E-state index is 0.230. The third-order valence-corrected chi connectivity index (χ3v) is 5.37. The summed E-state index contributed by atoms with van der Waals surface area (Å²) >= 11 is 1.14. The Bertz CT molecular complexity index is 1430. The molecule has 0 radical (unpaired) electrons. The van der Waals surface area contributed by atoms with Gasteiger partial charge in [0.2, 0.25) is 0 Å². The summed E-state index contributed by atoms with van der Waals surface area (Å²) in [6.07, 6.45) is 6.02. The van der Waals surface area contributed by atoms with Gasteiger partial charge >= 0.3 is 5.97 Å². The highest BCUT2D eigenvalue weighted by molar-refractivity contribution is 7.07. The third kappa shape index (κ3) is 4.44. The van der Waals surface area contributed by atoms with E-state index in [0.29, 0.717) is 37.4 Å². The van der Waals surface area contributed by atoms with Gasteiger partial charge in [-0.15, -0.1) is 11.3 Å². The number of furan rings is 1. The van der Waals surface area contributed by atoms with Gasteiger partial charge in [-0.25, -0.2) is 4.79 Å². The van der Waals surface area contributed by atoms with E-state index in [2.05, 4.69) is 9.97 Å². The molecule has 7 nitrogen and oxygen atoms in total. The van der Waals surface area contributed by atoms with Crippen molar-refractivity contribution >= 4 is 35.2 Å². The molecule has 31 heavy (non-hydrogen) atoms. The first-order chi connectivity index (χ1) is 15.0. The number of nitrogens with one attached hydrogen (secondary N) is 1. The van der Waals surface area contributed by atoms with Crippen molar-refractivity contribution in [2.24, 2.45) is 0 Å². The number of pyridine rings is 1. The van der Waals surface area contributed by atoms with E-state index < -0.39 is 5.97 Å². The highest BCUT2D eigenvalue weighted by Crippen LogP contribution is 2.26. The van der Waals surface area contributed by atoms with Gasteiger partial charge in [-0.1, -0.05) is 18.2 Å². The van der Waals surface area contributed by atoms with Crippen molar-refractivity contribution in [3.8, 4) is 11.3 Å². The molecular formula is C23H16N2O5S. The molecule has 4 rings (SSSR count). The number of rotatable bonds is 5. The molecule has 0 unspecified atom stereocenters. The van der Waals surface area contributed by atoms with Gasteiger partial charge in [0.05, 0.1) is 21.9 Å². The fourth-order valence-electron chi connectivity index (χ4n) is 2.93. The molecule has 0 aliphatic carbocycles. The molecule has 0 saturated carbocycles. The monoisotopic (exact) mass is 432 g/mol. The maximum Gasteiger partial charge on any atom is 0.338 e. The molecule has 3 aromatic heterocycles. The molecule has 0 bridgehead atoms. The van der Waals surface area contributed by atoms with Crippen molar-refractivity contribution in [2.45, 2.75) is 0 Å². The Morgan fingerprint density at radius 2 is 1.87 bits per heavy atom. The molecule has 0 fully saturated rings. The van der Waals surface area contributed by atoms with E-state index in [1.165, 1.54) is 25.6 Å². The number of esters is 1. The Hall–Kier alpha value is -4.04. The van der Waals surface area contributed by atoms with Gasteiger partial charge in [0.25, 0.3) is 5.56 Å². The summed E-state index contributed by atoms with van der Waals surface area (Å²) < 4.78 is 11.5. The predicted molar refractivity (Wildman–Crippen MR) is 116 cm³/mol. The lowest BCUT2D eigenvalue weighted by Gasteiger charge is -2.04. The minimum atomic E-state index is -0.466. The number of H-pyrrole nitrogens is 1. The lowest BCUT2D eigenvalue weighted by molar-refractivity contribution is 0.0601. The number of thiazole rings is 1. The second-order valence-electron chi connectivity index (χ2n) is 6.41. The second-order valence-corrected chi connectivity index (χ2v) is 7.50. The summed E-state index contributed by atoms with van der Waals surface area (Å²) in [5.74, 6) is 0.214. The van der Waals surface area contributed by atoms with E-state index in [-0.39, 0.29) is 11.3 Å². The maximum atomic E-state index is 12.3. The molecule has 0 amide bonds. The van der Waals surface area contributed by atoms with Gasteiger partial charge in [-0.2, -0.15) is 0 Å². The SMILES string of the molecule is COC(=O)c1ccccc1-c1ccc(C=c2sc(=CC(=O)c3ccncc3)[nH]c2=O)o1. The number of ether oxygens (including phenoxy) is 1. The van der Waals surface area contributed by atoms with Crippen LogP contribution < -0.4 is 14.8 Å². The van der Waals surface area contributed by atoms with Crippen molar-refractivity contribution in [3.63, 3.8) is 0 Å². The first kappa shape index (κ1) is 20.2. The van der Waals surface area contributed by atoms with E-state index in [9.17, 15) is 14.4 Å². The number of carbonyl (C=O) groups is 2. The van der Waals surface area contributed by atoms with Crippen LogP contribution in [0.25, 0.3) is 23.5 Å². The summed E-state index contributed by atoms with van der Waals surface area (Å²) in [6.45, 7) is 0. The van der Waals surface area contributed by atoms with Crippen LogP contribution in [0.2, 0.25) is 0 Å². The second kappa shape index (κ2) is 8.76. The summed E-state index contributed by atoms with van der Waals surface area (Å²) in [4.78, 5) is 43.1. The first-order valence-electron chi connectivity index (χ1n) is 9.19. The fourth-order valence-corrected chi connectivity index (χ4v) is 3.80. The third-order valence-electron chi connectivity index (χ3n) is 4.41. The van der Waals surface area contributed by atoms with E-state index in [1.807, 2.05) is 0 Å². The molecule has 0 aliphatic heterocycles. The average molecular weight is 432 g/mol. The number of hydrogen-bond acceptors (Lipinski definition) is 7. The number of hydrogen-bond donors (Lipinski definition) is 1. The van der Waals surface area contributed by atoms with Crippen LogP contribution >= 0.6 is 11.3 Å². The van der Waals surface area contributed by atoms with E-state index in [0.717, 1.165) is 11.3 Å². The zero-order chi connectivity index (χ0) is 21.8. The van der Waals surface area contributed by atoms with E-state index >= 15 is 0 Å². The molecular weight excluding hydrogens is 416 g/mol. The Morgan fingerprint density at radius 1 is 1.10 bits per heavy atom. The predicted octanol–water partition coefficient (Wildman–Crippen LogP) is 2.37. The van der Waals surface area contributed by atoms with Crippen LogP contribution in [0, 0.1) is 0 Å². The van der Waals surface area contributed by atoms with Gasteiger partial charge in [-0.05, 0) is 30.3 Å². The standard InChI is InChI=1S/C23H16N2O5S/c1-29-23(28)17-5-3-2-4-16(17)19-7-6-15(30-19)12-20-22(27)25-21(31-20)13-18(26)14-8-10-24-11-9-14/h2-13H,1H3,(H,25,27). The normalized spacial score (nSPS) is 12.2. The lowest BCUT2D eigenvalue weighted by Crippen LogP contribution is -2.19. The molecule has 4 aromatic rings. The molecule has 8 heteroatoms. The maximum absolute atomic E-state index is 12.3. The van der Waals surface area contributed by atoms with Crippen LogP contribution in [0.5, 0.6) is 0 Å². The topological polar surface area (TPSA) is 102 Å². The fraction of sp³-hybridized carbons (Fsp3) is 0.0435. The van der Waals surface area contributed by atoms with Gasteiger partial charge in [-0.3, -0.25) is 14.6 Å². The zero-order valence-corrected chi connectivity index (χ0v) is 17.1. The van der Waals surface area contributed by atoms with Gasteiger partial charge in [0.15, 0.2) is 5.78 Å². The van der Waals surface area contributed by atoms with Gasteiger partial charge in [0.1, 0.15) is 11.5 Å². The summed E-state index contributed by atoms with van der Waals surface area (Å²) in [5.41, 5.74) is 1.12. The number of aromatic amines is 1. The highest BCUT2D eigenvalue weighted by Gasteiger charge is 2.15. The van der Waals surface area contributed by atoms with Crippen LogP contribution in [0.4, 0.5) is 0 Å². The molecule has 0 atom stereocenters. The summed E-state index contributed by atoms with van der Waals surface area (Å²) in [5, 5.41) is 0. The van der Waals surface area contributed by atoms with Crippen LogP contribution in [-0.4, -0.2) is 28.8 Å². The number of carbonyl (C=O) groups excluding carboxylic acids is 2. The van der Waals surface area contributed by atoms with Crippen LogP contribution in [0.1, 0.15) is 26.5 Å². The van der Waals surface area contributed by atoms with Gasteiger partial charge in [0, 0.05) is 35.7 Å². The molecule has 1 N–H and O–H groups in total. The van der Waals surface area contributed by atoms with Crippen molar-refractivity contribution in [3.05, 3.63) is 97.4 Å². The highest BCUT2D eigenvalue weighted by atomic mass is 32.1. The molecule has 3 heterocycles. The van der Waals surface area contributed by atoms with Crippen LogP contribution in [-0.2, 0) is 4.74 Å². The Morgan fingerprint density at radius 3 is 2.65 bits per heavy atom. The van der Waals surface area contributed by atoms with Crippen molar-refractivity contribution in [1.29, 1.82) is 0 Å². The number of nitrogens with zero attached hydrogens (tertiary/aromatic N) is 1. The minimum Gasteiger partial charge on any atom is -0.465 e. The van der Waals surface area contributed by atoms with Crippen molar-refractivity contribution in [2.75, 3.05) is 7.11 Å². The Kier molecular flexibility index (Phi) is 5.72.